The molecule has 1 unspecified atom stereocenters. The molecule has 6 heteroatoms. The number of carbonyl (C=O) groups is 1. The van der Waals surface area contributed by atoms with Gasteiger partial charge in [-0.3, -0.25) is 0 Å². The fourth-order valence-electron chi connectivity index (χ4n) is 2.91. The summed E-state index contributed by atoms with van der Waals surface area (Å²) in [5, 5.41) is 20.6. The van der Waals surface area contributed by atoms with Crippen LogP contribution in [-0.4, -0.2) is 29.1 Å². The summed E-state index contributed by atoms with van der Waals surface area (Å²) in [5.74, 6) is -0.825. The number of hydrogen-bond donors (Lipinski definition) is 2. The summed E-state index contributed by atoms with van der Waals surface area (Å²) < 4.78 is 16.1. The lowest BCUT2D eigenvalue weighted by molar-refractivity contribution is -0.155. The van der Waals surface area contributed by atoms with E-state index < -0.39 is 11.6 Å². The van der Waals surface area contributed by atoms with Gasteiger partial charge in [0, 0.05) is 12.0 Å². The monoisotopic (exact) mass is 370 g/mol. The molecule has 1 heterocycles. The summed E-state index contributed by atoms with van der Waals surface area (Å²) in [6.07, 6.45) is 5.28. The summed E-state index contributed by atoms with van der Waals surface area (Å²) in [6, 6.07) is 14.9. The molecule has 3 rings (SSSR count). The Morgan fingerprint density at radius 2 is 1.70 bits per heavy atom. The van der Waals surface area contributed by atoms with Gasteiger partial charge < -0.3 is 24.4 Å². The Labute approximate surface area is 157 Å². The molecule has 1 aliphatic rings. The molecule has 0 saturated carbocycles. The third-order valence-electron chi connectivity index (χ3n) is 4.37. The fraction of sp³-hybridized carbons (Fsp3) is 0.286. The number of aliphatic hydroxyl groups is 1. The van der Waals surface area contributed by atoms with E-state index in [0.717, 1.165) is 19.3 Å². The number of aliphatic carboxylic acids is 1. The first-order chi connectivity index (χ1) is 13.1. The van der Waals surface area contributed by atoms with Gasteiger partial charge in [0.2, 0.25) is 11.9 Å². The summed E-state index contributed by atoms with van der Waals surface area (Å²) in [7, 11) is 0. The van der Waals surface area contributed by atoms with Crippen LogP contribution in [0.1, 0.15) is 30.4 Å². The maximum absolute atomic E-state index is 11.8. The van der Waals surface area contributed by atoms with E-state index in [1.807, 2.05) is 0 Å². The number of unbranched alkanes of at least 4 members (excludes halogenated alkanes) is 1. The Hall–Kier alpha value is -2.99. The molecule has 0 aromatic heterocycles. The Morgan fingerprint density at radius 3 is 2.41 bits per heavy atom. The predicted octanol–water partition coefficient (Wildman–Crippen LogP) is 3.40. The van der Waals surface area contributed by atoms with Crippen LogP contribution in [-0.2, 0) is 19.9 Å². The van der Waals surface area contributed by atoms with Crippen molar-refractivity contribution in [2.24, 2.45) is 0 Å². The normalized spacial score (nSPS) is 15.6. The van der Waals surface area contributed by atoms with E-state index in [1.165, 1.54) is 12.5 Å². The van der Waals surface area contributed by atoms with Gasteiger partial charge in [0.15, 0.2) is 0 Å². The molecular formula is C21H22O6. The molecule has 2 aromatic carbocycles. The Morgan fingerprint density at radius 1 is 1.00 bits per heavy atom. The second kappa shape index (κ2) is 8.60. The van der Waals surface area contributed by atoms with Crippen LogP contribution >= 0.6 is 0 Å². The largest absolute Gasteiger partial charge is 0.494 e. The molecule has 2 N–H and O–H groups in total. The number of benzene rings is 2. The quantitative estimate of drug-likeness (QED) is 0.658. The first kappa shape index (κ1) is 18.8. The van der Waals surface area contributed by atoms with Gasteiger partial charge in [-0.1, -0.05) is 42.5 Å². The van der Waals surface area contributed by atoms with Crippen molar-refractivity contribution in [1.29, 1.82) is 0 Å². The highest BCUT2D eigenvalue weighted by Gasteiger charge is 2.40. The van der Waals surface area contributed by atoms with Crippen molar-refractivity contribution >= 4 is 5.97 Å². The van der Waals surface area contributed by atoms with Crippen LogP contribution in [0.15, 0.2) is 67.1 Å². The minimum Gasteiger partial charge on any atom is -0.494 e. The molecule has 142 valence electrons. The van der Waals surface area contributed by atoms with Crippen LogP contribution in [0.25, 0.3) is 0 Å². The minimum atomic E-state index is -2.13. The van der Waals surface area contributed by atoms with Gasteiger partial charge in [-0.05, 0) is 30.5 Å². The van der Waals surface area contributed by atoms with Crippen molar-refractivity contribution in [3.63, 3.8) is 0 Å². The molecule has 0 saturated heterocycles. The lowest BCUT2D eigenvalue weighted by atomic mass is 9.86. The Kier molecular flexibility index (Phi) is 5.98. The van der Waals surface area contributed by atoms with Gasteiger partial charge in [-0.25, -0.2) is 4.79 Å². The zero-order valence-corrected chi connectivity index (χ0v) is 14.8. The topological polar surface area (TPSA) is 85.2 Å². The van der Waals surface area contributed by atoms with Crippen molar-refractivity contribution < 1.29 is 29.2 Å². The molecule has 0 radical (unpaired) electrons. The van der Waals surface area contributed by atoms with Crippen molar-refractivity contribution in [3.05, 3.63) is 78.2 Å². The number of carboxylic acids is 1. The van der Waals surface area contributed by atoms with Crippen molar-refractivity contribution in [1.82, 2.24) is 0 Å². The molecule has 6 nitrogen and oxygen atoms in total. The zero-order chi connectivity index (χ0) is 19.1. The van der Waals surface area contributed by atoms with Crippen LogP contribution in [0, 0.1) is 0 Å². The lowest BCUT2D eigenvalue weighted by Gasteiger charge is -2.25. The second-order valence-corrected chi connectivity index (χ2v) is 6.23. The van der Waals surface area contributed by atoms with Crippen molar-refractivity contribution in [2.75, 3.05) is 6.61 Å². The van der Waals surface area contributed by atoms with Gasteiger partial charge in [-0.15, -0.1) is 0 Å². The average Bonchev–Trinajstić information content (AvgIpc) is 3.21. The van der Waals surface area contributed by atoms with Gasteiger partial charge in [0.1, 0.15) is 18.3 Å². The third-order valence-corrected chi connectivity index (χ3v) is 4.37. The summed E-state index contributed by atoms with van der Waals surface area (Å²) in [5.41, 5.74) is -1.59. The van der Waals surface area contributed by atoms with Gasteiger partial charge >= 0.3 is 5.97 Å². The van der Waals surface area contributed by atoms with Crippen LogP contribution < -0.4 is 4.74 Å². The summed E-state index contributed by atoms with van der Waals surface area (Å²) in [6.45, 7) is 0.473. The lowest BCUT2D eigenvalue weighted by Crippen LogP contribution is -2.36. The highest BCUT2D eigenvalue weighted by atomic mass is 16.7. The van der Waals surface area contributed by atoms with Crippen LogP contribution in [0.5, 0.6) is 5.75 Å². The van der Waals surface area contributed by atoms with Gasteiger partial charge in [0.25, 0.3) is 0 Å². The molecule has 27 heavy (non-hydrogen) atoms. The van der Waals surface area contributed by atoms with Gasteiger partial charge in [-0.2, -0.15) is 0 Å². The molecule has 0 amide bonds. The van der Waals surface area contributed by atoms with E-state index in [1.54, 1.807) is 54.6 Å². The Bertz CT molecular complexity index is 780. The van der Waals surface area contributed by atoms with E-state index >= 15 is 0 Å². The minimum absolute atomic E-state index is 0.218. The first-order valence-corrected chi connectivity index (χ1v) is 8.81. The maximum atomic E-state index is 11.8. The zero-order valence-electron chi connectivity index (χ0n) is 14.8. The summed E-state index contributed by atoms with van der Waals surface area (Å²) in [4.78, 5) is 11.8. The fourth-order valence-corrected chi connectivity index (χ4v) is 2.91. The molecule has 0 bridgehead atoms. The number of ether oxygens (including phenoxy) is 3. The number of hydrogen-bond acceptors (Lipinski definition) is 5. The predicted molar refractivity (Wildman–Crippen MR) is 98.0 cm³/mol. The van der Waals surface area contributed by atoms with E-state index in [9.17, 15) is 15.0 Å². The summed E-state index contributed by atoms with van der Waals surface area (Å²) >= 11 is 0. The molecule has 0 fully saturated rings. The number of carboxylic acid groups (broad SMARTS) is 1. The highest BCUT2D eigenvalue weighted by molar-refractivity contribution is 5.83. The van der Waals surface area contributed by atoms with Crippen molar-refractivity contribution in [2.45, 2.75) is 31.2 Å². The average molecular weight is 370 g/mol. The van der Waals surface area contributed by atoms with Crippen LogP contribution in [0.2, 0.25) is 0 Å². The van der Waals surface area contributed by atoms with E-state index in [4.69, 9.17) is 14.2 Å². The SMILES string of the molecule is O=C(O)C(O)(c1ccccc1)c1cccc(OCCCCC2OC=CO2)c1. The molecule has 2 aromatic rings. The smallest absolute Gasteiger partial charge is 0.345 e. The van der Waals surface area contributed by atoms with E-state index in [-0.39, 0.29) is 11.9 Å². The van der Waals surface area contributed by atoms with E-state index in [2.05, 4.69) is 0 Å². The first-order valence-electron chi connectivity index (χ1n) is 8.81. The van der Waals surface area contributed by atoms with Crippen molar-refractivity contribution in [3.8, 4) is 5.75 Å². The molecule has 0 spiro atoms. The molecule has 0 aliphatic carbocycles. The van der Waals surface area contributed by atoms with E-state index in [0.29, 0.717) is 17.9 Å². The van der Waals surface area contributed by atoms with Crippen LogP contribution in [0.4, 0.5) is 0 Å². The van der Waals surface area contributed by atoms with Gasteiger partial charge in [0.05, 0.1) is 6.61 Å². The molecule has 1 atom stereocenters. The maximum Gasteiger partial charge on any atom is 0.345 e. The molecular weight excluding hydrogens is 348 g/mol. The standard InChI is InChI=1S/C21H22O6/c22-20(23)21(24,16-7-2-1-3-8-16)17-9-6-10-18(15-17)25-12-5-4-11-19-26-13-14-27-19/h1-3,6-10,13-15,19,24H,4-5,11-12H2,(H,22,23). The molecule has 1 aliphatic heterocycles. The second-order valence-electron chi connectivity index (χ2n) is 6.23. The third kappa shape index (κ3) is 4.41. The Balaban J connectivity index is 1.62. The highest BCUT2D eigenvalue weighted by Crippen LogP contribution is 2.32. The van der Waals surface area contributed by atoms with Crippen LogP contribution in [0.3, 0.4) is 0 Å². The number of rotatable bonds is 9.